The molecule has 0 aliphatic carbocycles. The number of nitrogens with zero attached hydrogens (tertiary/aromatic N) is 1. The highest BCUT2D eigenvalue weighted by Crippen LogP contribution is 2.37. The van der Waals surface area contributed by atoms with Gasteiger partial charge >= 0.3 is 5.97 Å². The number of thiophene rings is 1. The first kappa shape index (κ1) is 14.7. The SMILES string of the molecule is Cc1sc(-c2nc(CC(C)C)c(C(=O)O)s2)cc1Br. The van der Waals surface area contributed by atoms with Gasteiger partial charge < -0.3 is 5.11 Å². The number of aromatic carboxylic acids is 1. The van der Waals surface area contributed by atoms with Gasteiger partial charge in [-0.25, -0.2) is 9.78 Å². The molecule has 0 saturated carbocycles. The van der Waals surface area contributed by atoms with Crippen molar-refractivity contribution >= 4 is 44.6 Å². The fraction of sp³-hybridized carbons (Fsp3) is 0.385. The van der Waals surface area contributed by atoms with Gasteiger partial charge in [0.25, 0.3) is 0 Å². The minimum Gasteiger partial charge on any atom is -0.477 e. The van der Waals surface area contributed by atoms with Gasteiger partial charge in [-0.3, -0.25) is 0 Å². The first-order chi connectivity index (χ1) is 8.88. The molecule has 19 heavy (non-hydrogen) atoms. The lowest BCUT2D eigenvalue weighted by Gasteiger charge is -2.01. The maximum atomic E-state index is 11.3. The summed E-state index contributed by atoms with van der Waals surface area (Å²) in [6.07, 6.45) is 0.698. The van der Waals surface area contributed by atoms with Crippen LogP contribution in [-0.4, -0.2) is 16.1 Å². The summed E-state index contributed by atoms with van der Waals surface area (Å²) in [5.74, 6) is -0.489. The lowest BCUT2D eigenvalue weighted by Crippen LogP contribution is -2.02. The van der Waals surface area contributed by atoms with Crippen molar-refractivity contribution < 1.29 is 9.90 Å². The van der Waals surface area contributed by atoms with E-state index < -0.39 is 5.97 Å². The molecule has 0 unspecified atom stereocenters. The topological polar surface area (TPSA) is 50.2 Å². The molecule has 0 aliphatic heterocycles. The van der Waals surface area contributed by atoms with Gasteiger partial charge in [0.2, 0.25) is 0 Å². The highest BCUT2D eigenvalue weighted by Gasteiger charge is 2.20. The zero-order valence-electron chi connectivity index (χ0n) is 10.9. The average molecular weight is 360 g/mol. The highest BCUT2D eigenvalue weighted by atomic mass is 79.9. The van der Waals surface area contributed by atoms with Crippen molar-refractivity contribution in [3.63, 3.8) is 0 Å². The van der Waals surface area contributed by atoms with E-state index in [2.05, 4.69) is 34.8 Å². The van der Waals surface area contributed by atoms with Crippen LogP contribution < -0.4 is 0 Å². The summed E-state index contributed by atoms with van der Waals surface area (Å²) in [4.78, 5) is 18.4. The molecule has 0 bridgehead atoms. The van der Waals surface area contributed by atoms with Crippen LogP contribution in [0.1, 0.15) is 34.1 Å². The molecule has 0 aromatic carbocycles. The molecule has 0 aliphatic rings. The minimum absolute atomic E-state index is 0.367. The number of thiazole rings is 1. The molecule has 2 aromatic heterocycles. The van der Waals surface area contributed by atoms with Crippen LogP contribution in [0.3, 0.4) is 0 Å². The van der Waals surface area contributed by atoms with Crippen LogP contribution in [0.2, 0.25) is 0 Å². The fourth-order valence-electron chi connectivity index (χ4n) is 1.71. The van der Waals surface area contributed by atoms with Gasteiger partial charge in [-0.1, -0.05) is 13.8 Å². The molecule has 0 atom stereocenters. The third kappa shape index (κ3) is 3.24. The van der Waals surface area contributed by atoms with Crippen LogP contribution in [0.15, 0.2) is 10.5 Å². The summed E-state index contributed by atoms with van der Waals surface area (Å²) < 4.78 is 1.05. The second-order valence-corrected chi connectivity index (χ2v) is 7.82. The van der Waals surface area contributed by atoms with Crippen molar-refractivity contribution in [3.8, 4) is 9.88 Å². The first-order valence-electron chi connectivity index (χ1n) is 5.87. The Morgan fingerprint density at radius 1 is 1.47 bits per heavy atom. The monoisotopic (exact) mass is 359 g/mol. The predicted molar refractivity (Wildman–Crippen MR) is 83.4 cm³/mol. The number of aromatic nitrogens is 1. The van der Waals surface area contributed by atoms with Gasteiger partial charge in [0.1, 0.15) is 9.88 Å². The van der Waals surface area contributed by atoms with Gasteiger partial charge in [0.05, 0.1) is 10.6 Å². The van der Waals surface area contributed by atoms with Gasteiger partial charge in [0.15, 0.2) is 0 Å². The summed E-state index contributed by atoms with van der Waals surface area (Å²) in [5, 5.41) is 10.1. The Morgan fingerprint density at radius 2 is 2.16 bits per heavy atom. The zero-order valence-corrected chi connectivity index (χ0v) is 14.1. The smallest absolute Gasteiger partial charge is 0.347 e. The van der Waals surface area contributed by atoms with E-state index in [0.717, 1.165) is 14.4 Å². The van der Waals surface area contributed by atoms with E-state index >= 15 is 0 Å². The molecule has 2 aromatic rings. The Bertz CT molecular complexity index is 597. The maximum absolute atomic E-state index is 11.3. The summed E-state index contributed by atoms with van der Waals surface area (Å²) in [5.41, 5.74) is 0.699. The molecule has 3 nitrogen and oxygen atoms in total. The van der Waals surface area contributed by atoms with Gasteiger partial charge in [-0.05, 0) is 41.3 Å². The third-order valence-corrected chi connectivity index (χ3v) is 5.95. The van der Waals surface area contributed by atoms with Gasteiger partial charge in [0, 0.05) is 9.35 Å². The van der Waals surface area contributed by atoms with E-state index in [0.29, 0.717) is 22.9 Å². The molecule has 0 spiro atoms. The number of carboxylic acids is 1. The number of carboxylic acid groups (broad SMARTS) is 1. The number of carbonyl (C=O) groups is 1. The van der Waals surface area contributed by atoms with E-state index in [-0.39, 0.29) is 0 Å². The molecule has 2 rings (SSSR count). The number of hydrogen-bond acceptors (Lipinski definition) is 4. The Labute approximate surface area is 128 Å². The zero-order chi connectivity index (χ0) is 14.2. The molecule has 102 valence electrons. The Balaban J connectivity index is 2.45. The van der Waals surface area contributed by atoms with E-state index in [9.17, 15) is 9.90 Å². The molecule has 6 heteroatoms. The van der Waals surface area contributed by atoms with E-state index in [1.165, 1.54) is 16.2 Å². The average Bonchev–Trinajstić information content (AvgIpc) is 2.83. The summed E-state index contributed by atoms with van der Waals surface area (Å²) in [6.45, 7) is 6.16. The van der Waals surface area contributed by atoms with Crippen LogP contribution in [-0.2, 0) is 6.42 Å². The van der Waals surface area contributed by atoms with Crippen LogP contribution >= 0.6 is 38.6 Å². The number of hydrogen-bond donors (Lipinski definition) is 1. The largest absolute Gasteiger partial charge is 0.477 e. The number of halogens is 1. The van der Waals surface area contributed by atoms with Crippen molar-refractivity contribution in [2.75, 3.05) is 0 Å². The van der Waals surface area contributed by atoms with E-state index in [4.69, 9.17) is 0 Å². The molecule has 0 amide bonds. The molecular weight excluding hydrogens is 346 g/mol. The van der Waals surface area contributed by atoms with Crippen LogP contribution in [0.25, 0.3) is 9.88 Å². The summed E-state index contributed by atoms with van der Waals surface area (Å²) >= 11 is 6.37. The summed E-state index contributed by atoms with van der Waals surface area (Å²) in [6, 6.07) is 2.00. The Kier molecular flexibility index (Phi) is 4.43. The molecule has 0 fully saturated rings. The maximum Gasteiger partial charge on any atom is 0.347 e. The number of rotatable bonds is 4. The quantitative estimate of drug-likeness (QED) is 0.849. The van der Waals surface area contributed by atoms with Crippen LogP contribution in [0.4, 0.5) is 0 Å². The predicted octanol–water partition coefficient (Wildman–Crippen LogP) is 4.84. The Hall–Kier alpha value is -0.720. The Morgan fingerprint density at radius 3 is 2.63 bits per heavy atom. The van der Waals surface area contributed by atoms with E-state index in [1.807, 2.05) is 13.0 Å². The van der Waals surface area contributed by atoms with E-state index in [1.54, 1.807) is 11.3 Å². The fourth-order valence-corrected chi connectivity index (χ4v) is 4.23. The molecular formula is C13H14BrNO2S2. The standard InChI is InChI=1S/C13H14BrNO2S2/c1-6(2)4-9-11(13(16)17)19-12(15-9)10-5-8(14)7(3)18-10/h5-6H,4H2,1-3H3,(H,16,17). The lowest BCUT2D eigenvalue weighted by molar-refractivity contribution is 0.0700. The van der Waals surface area contributed by atoms with Crippen LogP contribution in [0, 0.1) is 12.8 Å². The molecule has 0 saturated heterocycles. The van der Waals surface area contributed by atoms with Crippen molar-refractivity contribution in [2.45, 2.75) is 27.2 Å². The van der Waals surface area contributed by atoms with Crippen molar-refractivity contribution in [1.29, 1.82) is 0 Å². The number of aryl methyl sites for hydroxylation is 1. The third-order valence-electron chi connectivity index (χ3n) is 2.56. The normalized spacial score (nSPS) is 11.2. The molecule has 1 N–H and O–H groups in total. The van der Waals surface area contributed by atoms with Crippen molar-refractivity contribution in [3.05, 3.63) is 26.0 Å². The van der Waals surface area contributed by atoms with Crippen molar-refractivity contribution in [1.82, 2.24) is 4.98 Å². The minimum atomic E-state index is -0.883. The van der Waals surface area contributed by atoms with Gasteiger partial charge in [-0.15, -0.1) is 22.7 Å². The van der Waals surface area contributed by atoms with Crippen molar-refractivity contribution in [2.24, 2.45) is 5.92 Å². The van der Waals surface area contributed by atoms with Gasteiger partial charge in [-0.2, -0.15) is 0 Å². The molecule has 2 heterocycles. The van der Waals surface area contributed by atoms with Crippen LogP contribution in [0.5, 0.6) is 0 Å². The lowest BCUT2D eigenvalue weighted by atomic mass is 10.1. The first-order valence-corrected chi connectivity index (χ1v) is 8.30. The highest BCUT2D eigenvalue weighted by molar-refractivity contribution is 9.10. The molecule has 0 radical (unpaired) electrons. The second kappa shape index (κ2) is 5.73. The second-order valence-electron chi connectivity index (χ2n) is 4.71. The summed E-state index contributed by atoms with van der Waals surface area (Å²) in [7, 11) is 0.